The summed E-state index contributed by atoms with van der Waals surface area (Å²) in [5.41, 5.74) is 3.13. The Morgan fingerprint density at radius 2 is 2.00 bits per heavy atom. The van der Waals surface area contributed by atoms with Gasteiger partial charge in [-0.3, -0.25) is 4.98 Å². The van der Waals surface area contributed by atoms with E-state index in [0.717, 1.165) is 28.7 Å². The lowest BCUT2D eigenvalue weighted by Gasteiger charge is -2.24. The van der Waals surface area contributed by atoms with Gasteiger partial charge in [0.05, 0.1) is 18.3 Å². The highest BCUT2D eigenvalue weighted by Crippen LogP contribution is 2.30. The number of aromatic nitrogens is 1. The number of hydrogen-bond acceptors (Lipinski definition) is 4. The van der Waals surface area contributed by atoms with Crippen molar-refractivity contribution in [3.8, 4) is 0 Å². The van der Waals surface area contributed by atoms with E-state index >= 15 is 0 Å². The number of benzene rings is 1. The molecule has 2 aromatic heterocycles. The highest BCUT2D eigenvalue weighted by molar-refractivity contribution is 5.93. The summed E-state index contributed by atoms with van der Waals surface area (Å²) in [5.74, 6) is 0.554. The van der Waals surface area contributed by atoms with E-state index in [9.17, 15) is 5.11 Å². The summed E-state index contributed by atoms with van der Waals surface area (Å²) in [7, 11) is 0. The van der Waals surface area contributed by atoms with Crippen molar-refractivity contribution >= 4 is 16.6 Å². The number of nitrogens with zero attached hydrogens (tertiary/aromatic N) is 1. The van der Waals surface area contributed by atoms with Gasteiger partial charge in [-0.05, 0) is 44.0 Å². The standard InChI is InChI=1S/C19H22N2O2/c1-4-14-13(2)21-16-9-6-5-8-15(16)18(14)20-12-19(3,22)17-10-7-11-23-17/h5-11,22H,4,12H2,1-3H3,(H,20,21). The number of hydrogen-bond donors (Lipinski definition) is 2. The number of aliphatic hydroxyl groups is 1. The van der Waals surface area contributed by atoms with Crippen molar-refractivity contribution in [2.45, 2.75) is 32.8 Å². The van der Waals surface area contributed by atoms with Gasteiger partial charge in [-0.2, -0.15) is 0 Å². The quantitative estimate of drug-likeness (QED) is 0.747. The van der Waals surface area contributed by atoms with Gasteiger partial charge in [0.25, 0.3) is 0 Å². The Hall–Kier alpha value is -2.33. The van der Waals surface area contributed by atoms with Crippen LogP contribution < -0.4 is 5.32 Å². The molecule has 0 aliphatic carbocycles. The summed E-state index contributed by atoms with van der Waals surface area (Å²) in [6, 6.07) is 11.6. The zero-order valence-electron chi connectivity index (χ0n) is 13.8. The second kappa shape index (κ2) is 6.05. The topological polar surface area (TPSA) is 58.3 Å². The van der Waals surface area contributed by atoms with Gasteiger partial charge in [-0.1, -0.05) is 25.1 Å². The zero-order chi connectivity index (χ0) is 16.4. The van der Waals surface area contributed by atoms with Crippen molar-refractivity contribution in [2.75, 3.05) is 11.9 Å². The number of nitrogens with one attached hydrogen (secondary N) is 1. The number of fused-ring (bicyclic) bond motifs is 1. The Kier molecular flexibility index (Phi) is 4.09. The SMILES string of the molecule is CCc1c(C)nc2ccccc2c1NCC(C)(O)c1ccco1. The largest absolute Gasteiger partial charge is 0.466 e. The third-order valence-corrected chi connectivity index (χ3v) is 4.21. The first-order valence-electron chi connectivity index (χ1n) is 7.91. The summed E-state index contributed by atoms with van der Waals surface area (Å²) in [6.07, 6.45) is 2.46. The van der Waals surface area contributed by atoms with Crippen molar-refractivity contribution in [1.29, 1.82) is 0 Å². The molecule has 120 valence electrons. The lowest BCUT2D eigenvalue weighted by Crippen LogP contribution is -2.30. The second-order valence-electron chi connectivity index (χ2n) is 6.03. The Morgan fingerprint density at radius 1 is 1.22 bits per heavy atom. The first-order valence-corrected chi connectivity index (χ1v) is 7.91. The molecule has 3 rings (SSSR count). The van der Waals surface area contributed by atoms with Crippen LogP contribution in [0, 0.1) is 6.92 Å². The average molecular weight is 310 g/mol. The first-order chi connectivity index (χ1) is 11.0. The lowest BCUT2D eigenvalue weighted by atomic mass is 10.0. The fourth-order valence-corrected chi connectivity index (χ4v) is 2.94. The number of aryl methyl sites for hydroxylation is 1. The predicted molar refractivity (Wildman–Crippen MR) is 92.6 cm³/mol. The molecule has 4 heteroatoms. The molecule has 1 atom stereocenters. The van der Waals surface area contributed by atoms with Crippen LogP contribution in [0.25, 0.3) is 10.9 Å². The molecule has 0 amide bonds. The van der Waals surface area contributed by atoms with E-state index in [2.05, 4.69) is 23.3 Å². The van der Waals surface area contributed by atoms with Crippen molar-refractivity contribution in [3.63, 3.8) is 0 Å². The van der Waals surface area contributed by atoms with E-state index in [1.54, 1.807) is 25.3 Å². The molecule has 1 unspecified atom stereocenters. The molecule has 0 bridgehead atoms. The van der Waals surface area contributed by atoms with Crippen LogP contribution in [0.4, 0.5) is 5.69 Å². The summed E-state index contributed by atoms with van der Waals surface area (Å²) in [6.45, 7) is 6.26. The van der Waals surface area contributed by atoms with Crippen LogP contribution in [0.3, 0.4) is 0 Å². The normalized spacial score (nSPS) is 13.9. The van der Waals surface area contributed by atoms with E-state index in [1.807, 2.05) is 25.1 Å². The Balaban J connectivity index is 1.99. The minimum Gasteiger partial charge on any atom is -0.466 e. The Labute approximate surface area is 136 Å². The molecular formula is C19H22N2O2. The number of furan rings is 1. The second-order valence-corrected chi connectivity index (χ2v) is 6.03. The molecule has 2 heterocycles. The fourth-order valence-electron chi connectivity index (χ4n) is 2.94. The maximum Gasteiger partial charge on any atom is 0.136 e. The summed E-state index contributed by atoms with van der Waals surface area (Å²) >= 11 is 0. The molecule has 0 aliphatic rings. The van der Waals surface area contributed by atoms with Crippen molar-refractivity contribution in [2.24, 2.45) is 0 Å². The molecule has 0 aliphatic heterocycles. The van der Waals surface area contributed by atoms with Crippen molar-refractivity contribution < 1.29 is 9.52 Å². The number of anilines is 1. The number of rotatable bonds is 5. The molecular weight excluding hydrogens is 288 g/mol. The Bertz CT molecular complexity index is 808. The maximum atomic E-state index is 10.7. The Morgan fingerprint density at radius 3 is 2.70 bits per heavy atom. The van der Waals surface area contributed by atoms with E-state index in [-0.39, 0.29) is 0 Å². The third-order valence-electron chi connectivity index (χ3n) is 4.21. The molecule has 1 aromatic carbocycles. The molecule has 0 fully saturated rings. The van der Waals surface area contributed by atoms with Crippen LogP contribution in [0.2, 0.25) is 0 Å². The van der Waals surface area contributed by atoms with Gasteiger partial charge >= 0.3 is 0 Å². The molecule has 4 nitrogen and oxygen atoms in total. The van der Waals surface area contributed by atoms with Gasteiger partial charge < -0.3 is 14.8 Å². The average Bonchev–Trinajstić information content (AvgIpc) is 3.07. The summed E-state index contributed by atoms with van der Waals surface area (Å²) in [4.78, 5) is 4.68. The molecule has 0 saturated carbocycles. The van der Waals surface area contributed by atoms with E-state index in [4.69, 9.17) is 4.42 Å². The highest BCUT2D eigenvalue weighted by atomic mass is 16.4. The first kappa shape index (κ1) is 15.6. The lowest BCUT2D eigenvalue weighted by molar-refractivity contribution is 0.0477. The van der Waals surface area contributed by atoms with E-state index < -0.39 is 5.60 Å². The van der Waals surface area contributed by atoms with E-state index in [1.165, 1.54) is 5.56 Å². The summed E-state index contributed by atoms with van der Waals surface area (Å²) in [5, 5.41) is 15.2. The molecule has 0 radical (unpaired) electrons. The van der Waals surface area contributed by atoms with Crippen LogP contribution in [0.1, 0.15) is 30.9 Å². The van der Waals surface area contributed by atoms with E-state index in [0.29, 0.717) is 12.3 Å². The minimum absolute atomic E-state index is 0.362. The molecule has 23 heavy (non-hydrogen) atoms. The molecule has 2 N–H and O–H groups in total. The van der Waals surface area contributed by atoms with Crippen molar-refractivity contribution in [1.82, 2.24) is 4.98 Å². The smallest absolute Gasteiger partial charge is 0.136 e. The highest BCUT2D eigenvalue weighted by Gasteiger charge is 2.26. The molecule has 0 saturated heterocycles. The van der Waals surface area contributed by atoms with Gasteiger partial charge in [0.1, 0.15) is 11.4 Å². The van der Waals surface area contributed by atoms with Gasteiger partial charge in [0, 0.05) is 16.8 Å². The number of pyridine rings is 1. The van der Waals surface area contributed by atoms with Crippen LogP contribution >= 0.6 is 0 Å². The van der Waals surface area contributed by atoms with Crippen LogP contribution in [0.15, 0.2) is 47.1 Å². The molecule has 3 aromatic rings. The van der Waals surface area contributed by atoms with Gasteiger partial charge in [-0.15, -0.1) is 0 Å². The van der Waals surface area contributed by atoms with Gasteiger partial charge in [0.2, 0.25) is 0 Å². The van der Waals surface area contributed by atoms with Crippen LogP contribution in [0.5, 0.6) is 0 Å². The zero-order valence-corrected chi connectivity index (χ0v) is 13.8. The van der Waals surface area contributed by atoms with Crippen LogP contribution in [-0.4, -0.2) is 16.6 Å². The summed E-state index contributed by atoms with van der Waals surface area (Å²) < 4.78 is 5.35. The maximum absolute atomic E-state index is 10.7. The monoisotopic (exact) mass is 310 g/mol. The predicted octanol–water partition coefficient (Wildman–Crippen LogP) is 4.02. The third kappa shape index (κ3) is 2.94. The van der Waals surface area contributed by atoms with Crippen LogP contribution in [-0.2, 0) is 12.0 Å². The number of para-hydroxylation sites is 1. The fraction of sp³-hybridized carbons (Fsp3) is 0.316. The molecule has 0 spiro atoms. The minimum atomic E-state index is -1.08. The van der Waals surface area contributed by atoms with Crippen molar-refractivity contribution in [3.05, 3.63) is 59.7 Å². The van der Waals surface area contributed by atoms with Gasteiger partial charge in [0.15, 0.2) is 0 Å². The van der Waals surface area contributed by atoms with Gasteiger partial charge in [-0.25, -0.2) is 0 Å².